The molecule has 0 aliphatic carbocycles. The van der Waals surface area contributed by atoms with Crippen LogP contribution in [0.15, 0.2) is 0 Å². The van der Waals surface area contributed by atoms with Gasteiger partial charge in [0.05, 0.1) is 13.2 Å². The number of rotatable bonds is 4. The Balaban J connectivity index is 2.42. The topological polar surface area (TPSA) is 41.6 Å². The van der Waals surface area contributed by atoms with Crippen LogP contribution < -0.4 is 5.32 Å². The van der Waals surface area contributed by atoms with Gasteiger partial charge >= 0.3 is 11.9 Å². The molecule has 0 aromatic carbocycles. The molecule has 4 nitrogen and oxygen atoms in total. The van der Waals surface area contributed by atoms with Crippen molar-refractivity contribution in [3.8, 4) is 0 Å². The van der Waals surface area contributed by atoms with Gasteiger partial charge in [0.2, 0.25) is 0 Å². The number of carbonyl (C=O) groups excluding carboxylic acids is 1. The fourth-order valence-corrected chi connectivity index (χ4v) is 1.45. The van der Waals surface area contributed by atoms with Crippen LogP contribution in [0.2, 0.25) is 0 Å². The number of esters is 1. The van der Waals surface area contributed by atoms with E-state index in [1.54, 1.807) is 4.90 Å². The monoisotopic (exact) mass is 222 g/mol. The highest BCUT2D eigenvalue weighted by Gasteiger charge is 2.42. The fourth-order valence-electron chi connectivity index (χ4n) is 1.45. The van der Waals surface area contributed by atoms with Crippen LogP contribution in [-0.2, 0) is 9.53 Å². The zero-order chi connectivity index (χ0) is 11.3. The minimum Gasteiger partial charge on any atom is -0.462 e. The molecule has 0 bridgehead atoms. The molecular weight excluding hydrogens is 206 g/mol. The van der Waals surface area contributed by atoms with Gasteiger partial charge in [0.25, 0.3) is 0 Å². The molecule has 0 aromatic rings. The van der Waals surface area contributed by atoms with Crippen molar-refractivity contribution in [2.75, 3.05) is 39.3 Å². The summed E-state index contributed by atoms with van der Waals surface area (Å²) in [6.45, 7) is 3.38. The molecule has 1 saturated heterocycles. The van der Waals surface area contributed by atoms with E-state index < -0.39 is 18.4 Å². The molecule has 0 saturated carbocycles. The smallest absolute Gasteiger partial charge is 0.378 e. The van der Waals surface area contributed by atoms with E-state index >= 15 is 0 Å². The Labute approximate surface area is 87.6 Å². The van der Waals surface area contributed by atoms with Crippen LogP contribution in [0.1, 0.15) is 6.92 Å². The van der Waals surface area contributed by atoms with Gasteiger partial charge in [-0.2, -0.15) is 8.78 Å². The number of nitrogens with zero attached hydrogens (tertiary/aromatic N) is 1. The first kappa shape index (κ1) is 12.3. The summed E-state index contributed by atoms with van der Waals surface area (Å²) in [6, 6.07) is 0. The standard InChI is InChI=1S/C9H16F2N2O2/c1-2-15-8(14)9(10,11)7-13-5-3-12-4-6-13/h12H,2-7H2,1H3. The lowest BCUT2D eigenvalue weighted by molar-refractivity contribution is -0.174. The molecule has 1 aliphatic heterocycles. The highest BCUT2D eigenvalue weighted by atomic mass is 19.3. The quantitative estimate of drug-likeness (QED) is 0.684. The van der Waals surface area contributed by atoms with Gasteiger partial charge in [-0.15, -0.1) is 0 Å². The second-order valence-corrected chi connectivity index (χ2v) is 3.45. The zero-order valence-electron chi connectivity index (χ0n) is 8.76. The summed E-state index contributed by atoms with van der Waals surface area (Å²) in [5.41, 5.74) is 0. The molecule has 0 atom stereocenters. The maximum Gasteiger partial charge on any atom is 0.378 e. The van der Waals surface area contributed by atoms with E-state index in [1.807, 2.05) is 0 Å². The first-order chi connectivity index (χ1) is 7.06. The summed E-state index contributed by atoms with van der Waals surface area (Å²) >= 11 is 0. The molecule has 1 N–H and O–H groups in total. The molecule has 0 spiro atoms. The summed E-state index contributed by atoms with van der Waals surface area (Å²) in [7, 11) is 0. The first-order valence-electron chi connectivity index (χ1n) is 5.04. The number of halogens is 2. The van der Waals surface area contributed by atoms with Crippen LogP contribution in [0, 0.1) is 0 Å². The van der Waals surface area contributed by atoms with Crippen molar-refractivity contribution in [3.05, 3.63) is 0 Å². The Bertz CT molecular complexity index is 218. The van der Waals surface area contributed by atoms with Gasteiger partial charge in [-0.05, 0) is 6.92 Å². The normalized spacial score (nSPS) is 18.9. The molecule has 1 aliphatic rings. The maximum atomic E-state index is 13.3. The second kappa shape index (κ2) is 5.37. The Hall–Kier alpha value is -0.750. The Kier molecular flexibility index (Phi) is 4.41. The van der Waals surface area contributed by atoms with E-state index in [0.717, 1.165) is 0 Å². The van der Waals surface area contributed by atoms with E-state index in [0.29, 0.717) is 26.2 Å². The molecule has 1 rings (SSSR count). The number of hydrogen-bond acceptors (Lipinski definition) is 4. The minimum absolute atomic E-state index is 0.0179. The largest absolute Gasteiger partial charge is 0.462 e. The lowest BCUT2D eigenvalue weighted by Crippen LogP contribution is -2.50. The molecule has 15 heavy (non-hydrogen) atoms. The van der Waals surface area contributed by atoms with Gasteiger partial charge < -0.3 is 10.1 Å². The molecule has 0 aromatic heterocycles. The molecular formula is C9H16F2N2O2. The molecule has 1 fully saturated rings. The Morgan fingerprint density at radius 1 is 1.47 bits per heavy atom. The molecule has 1 heterocycles. The summed E-state index contributed by atoms with van der Waals surface area (Å²) in [5.74, 6) is -4.82. The lowest BCUT2D eigenvalue weighted by Gasteiger charge is -2.29. The van der Waals surface area contributed by atoms with E-state index in [-0.39, 0.29) is 6.61 Å². The predicted octanol–water partition coefficient (Wildman–Crippen LogP) is 0.0900. The van der Waals surface area contributed by atoms with Crippen LogP contribution >= 0.6 is 0 Å². The van der Waals surface area contributed by atoms with Crippen LogP contribution in [0.5, 0.6) is 0 Å². The van der Waals surface area contributed by atoms with Crippen LogP contribution in [0.25, 0.3) is 0 Å². The van der Waals surface area contributed by atoms with E-state index in [4.69, 9.17) is 0 Å². The van der Waals surface area contributed by atoms with Crippen LogP contribution in [-0.4, -0.2) is 56.1 Å². The zero-order valence-corrected chi connectivity index (χ0v) is 8.76. The third kappa shape index (κ3) is 3.71. The van der Waals surface area contributed by atoms with Crippen molar-refractivity contribution in [1.29, 1.82) is 0 Å². The molecule has 0 radical (unpaired) electrons. The lowest BCUT2D eigenvalue weighted by atomic mass is 10.2. The summed E-state index contributed by atoms with van der Waals surface area (Å²) < 4.78 is 30.8. The Morgan fingerprint density at radius 2 is 2.07 bits per heavy atom. The van der Waals surface area contributed by atoms with Gasteiger partial charge in [-0.3, -0.25) is 4.90 Å². The number of ether oxygens (including phenoxy) is 1. The first-order valence-corrected chi connectivity index (χ1v) is 5.04. The molecule has 0 amide bonds. The van der Waals surface area contributed by atoms with E-state index in [1.165, 1.54) is 6.92 Å². The van der Waals surface area contributed by atoms with Gasteiger partial charge in [-0.1, -0.05) is 0 Å². The highest BCUT2D eigenvalue weighted by molar-refractivity contribution is 5.77. The summed E-state index contributed by atoms with van der Waals surface area (Å²) in [6.07, 6.45) is 0. The van der Waals surface area contributed by atoms with Crippen molar-refractivity contribution in [1.82, 2.24) is 10.2 Å². The minimum atomic E-state index is -3.40. The average Bonchev–Trinajstić information content (AvgIpc) is 2.19. The van der Waals surface area contributed by atoms with Crippen molar-refractivity contribution < 1.29 is 18.3 Å². The summed E-state index contributed by atoms with van der Waals surface area (Å²) in [4.78, 5) is 12.5. The molecule has 6 heteroatoms. The van der Waals surface area contributed by atoms with Crippen molar-refractivity contribution in [2.45, 2.75) is 12.8 Å². The van der Waals surface area contributed by atoms with Gasteiger partial charge in [0, 0.05) is 26.2 Å². The number of piperazine rings is 1. The molecule has 0 unspecified atom stereocenters. The van der Waals surface area contributed by atoms with Crippen molar-refractivity contribution in [2.24, 2.45) is 0 Å². The van der Waals surface area contributed by atoms with Crippen LogP contribution in [0.4, 0.5) is 8.78 Å². The SMILES string of the molecule is CCOC(=O)C(F)(F)CN1CCNCC1. The summed E-state index contributed by atoms with van der Waals surface area (Å²) in [5, 5.41) is 3.05. The second-order valence-electron chi connectivity index (χ2n) is 3.45. The number of carbonyl (C=O) groups is 1. The third-order valence-electron chi connectivity index (χ3n) is 2.21. The van der Waals surface area contributed by atoms with Gasteiger partial charge in [0.15, 0.2) is 0 Å². The number of nitrogens with one attached hydrogen (secondary N) is 1. The fraction of sp³-hybridized carbons (Fsp3) is 0.889. The van der Waals surface area contributed by atoms with Gasteiger partial charge in [0.1, 0.15) is 0 Å². The van der Waals surface area contributed by atoms with Gasteiger partial charge in [-0.25, -0.2) is 4.79 Å². The molecule has 88 valence electrons. The predicted molar refractivity (Wildman–Crippen MR) is 50.9 cm³/mol. The maximum absolute atomic E-state index is 13.3. The van der Waals surface area contributed by atoms with Crippen molar-refractivity contribution in [3.63, 3.8) is 0 Å². The number of hydrogen-bond donors (Lipinski definition) is 1. The number of alkyl halides is 2. The van der Waals surface area contributed by atoms with E-state index in [2.05, 4.69) is 10.1 Å². The Morgan fingerprint density at radius 3 is 2.60 bits per heavy atom. The average molecular weight is 222 g/mol. The van der Waals surface area contributed by atoms with Crippen LogP contribution in [0.3, 0.4) is 0 Å². The van der Waals surface area contributed by atoms with E-state index in [9.17, 15) is 13.6 Å². The highest BCUT2D eigenvalue weighted by Crippen LogP contribution is 2.17. The third-order valence-corrected chi connectivity index (χ3v) is 2.21. The van der Waals surface area contributed by atoms with Crippen molar-refractivity contribution >= 4 is 5.97 Å².